The van der Waals surface area contributed by atoms with Crippen LogP contribution in [0.4, 0.5) is 4.39 Å². The molecule has 0 atom stereocenters. The highest BCUT2D eigenvalue weighted by atomic mass is 19.1. The van der Waals surface area contributed by atoms with Gasteiger partial charge in [0, 0.05) is 11.1 Å². The quantitative estimate of drug-likeness (QED) is 0.544. The van der Waals surface area contributed by atoms with Crippen LogP contribution in [-0.2, 0) is 0 Å². The van der Waals surface area contributed by atoms with E-state index in [1.807, 2.05) is 0 Å². The Bertz CT molecular complexity index is 390. The maximum absolute atomic E-state index is 12.4. The van der Waals surface area contributed by atoms with Crippen LogP contribution in [0.1, 0.15) is 27.6 Å². The van der Waals surface area contributed by atoms with Crippen LogP contribution < -0.4 is 0 Å². The van der Waals surface area contributed by atoms with Crippen molar-refractivity contribution in [2.24, 2.45) is 0 Å². The van der Waals surface area contributed by atoms with E-state index in [9.17, 15) is 14.0 Å². The monoisotopic (exact) mass is 192 g/mol. The number of Topliss-reactive ketones (excluding diaryl/α,β-unsaturated/α-hetero) is 2. The number of halogens is 1. The average Bonchev–Trinajstić information content (AvgIpc) is 2.16. The van der Waals surface area contributed by atoms with Crippen LogP contribution in [0.15, 0.2) is 36.7 Å². The molecule has 0 aliphatic heterocycles. The van der Waals surface area contributed by atoms with Crippen molar-refractivity contribution in [1.82, 2.24) is 0 Å². The van der Waals surface area contributed by atoms with Gasteiger partial charge in [-0.15, -0.1) is 0 Å². The van der Waals surface area contributed by atoms with Crippen molar-refractivity contribution in [2.75, 3.05) is 0 Å². The molecule has 0 radical (unpaired) electrons. The third-order valence-corrected chi connectivity index (χ3v) is 1.80. The Labute approximate surface area is 81.1 Å². The summed E-state index contributed by atoms with van der Waals surface area (Å²) in [7, 11) is 0. The van der Waals surface area contributed by atoms with Gasteiger partial charge in [0.25, 0.3) is 0 Å². The molecule has 0 N–H and O–H groups in total. The lowest BCUT2D eigenvalue weighted by molar-refractivity contribution is 0.0997. The molecule has 0 saturated heterocycles. The Kier molecular flexibility index (Phi) is 2.92. The predicted molar refractivity (Wildman–Crippen MR) is 51.0 cm³/mol. The first-order valence-corrected chi connectivity index (χ1v) is 4.02. The fourth-order valence-electron chi connectivity index (χ4n) is 1.01. The lowest BCUT2D eigenvalue weighted by atomic mass is 10.1. The standard InChI is InChI=1S/C11H9FO2/c1-7(12)11(14)10-5-3-9(4-6-10)8(2)13/h3-6H,1H2,2H3. The van der Waals surface area contributed by atoms with E-state index in [1.54, 1.807) is 0 Å². The van der Waals surface area contributed by atoms with Gasteiger partial charge in [0.05, 0.1) is 0 Å². The van der Waals surface area contributed by atoms with Crippen LogP contribution >= 0.6 is 0 Å². The van der Waals surface area contributed by atoms with Gasteiger partial charge in [-0.05, 0) is 6.92 Å². The van der Waals surface area contributed by atoms with Crippen LogP contribution in [0, 0.1) is 0 Å². The van der Waals surface area contributed by atoms with E-state index in [2.05, 4.69) is 6.58 Å². The molecule has 0 aliphatic rings. The van der Waals surface area contributed by atoms with Crippen LogP contribution in [0.3, 0.4) is 0 Å². The molecule has 14 heavy (non-hydrogen) atoms. The number of benzene rings is 1. The molecule has 0 bridgehead atoms. The second kappa shape index (κ2) is 3.96. The van der Waals surface area contributed by atoms with Crippen LogP contribution in [0.5, 0.6) is 0 Å². The van der Waals surface area contributed by atoms with E-state index in [4.69, 9.17) is 0 Å². The minimum atomic E-state index is -0.999. The van der Waals surface area contributed by atoms with Gasteiger partial charge in [-0.1, -0.05) is 30.8 Å². The van der Waals surface area contributed by atoms with Gasteiger partial charge >= 0.3 is 0 Å². The summed E-state index contributed by atoms with van der Waals surface area (Å²) in [5.74, 6) is -1.84. The van der Waals surface area contributed by atoms with Gasteiger partial charge in [-0.25, -0.2) is 4.39 Å². The highest BCUT2D eigenvalue weighted by molar-refractivity contribution is 6.07. The Morgan fingerprint density at radius 2 is 1.57 bits per heavy atom. The third-order valence-electron chi connectivity index (χ3n) is 1.80. The van der Waals surface area contributed by atoms with Crippen molar-refractivity contribution in [3.05, 3.63) is 47.8 Å². The first-order chi connectivity index (χ1) is 6.52. The molecule has 2 nitrogen and oxygen atoms in total. The van der Waals surface area contributed by atoms with Crippen molar-refractivity contribution >= 4 is 11.6 Å². The molecule has 0 spiro atoms. The number of carbonyl (C=O) groups excluding carboxylic acids is 2. The lowest BCUT2D eigenvalue weighted by Crippen LogP contribution is -1.99. The SMILES string of the molecule is C=C(F)C(=O)c1ccc(C(C)=O)cc1. The fraction of sp³-hybridized carbons (Fsp3) is 0.0909. The molecule has 1 rings (SSSR count). The van der Waals surface area contributed by atoms with Gasteiger partial charge in [0.2, 0.25) is 5.78 Å². The third kappa shape index (κ3) is 2.13. The van der Waals surface area contributed by atoms with Crippen molar-refractivity contribution in [3.8, 4) is 0 Å². The number of hydrogen-bond donors (Lipinski definition) is 0. The van der Waals surface area contributed by atoms with E-state index in [1.165, 1.54) is 31.2 Å². The minimum absolute atomic E-state index is 0.0944. The molecule has 0 saturated carbocycles. The van der Waals surface area contributed by atoms with Gasteiger partial charge in [0.1, 0.15) is 0 Å². The molecule has 3 heteroatoms. The maximum Gasteiger partial charge on any atom is 0.220 e. The second-order valence-corrected chi connectivity index (χ2v) is 2.87. The summed E-state index contributed by atoms with van der Waals surface area (Å²) < 4.78 is 12.4. The highest BCUT2D eigenvalue weighted by Gasteiger charge is 2.09. The summed E-state index contributed by atoms with van der Waals surface area (Å²) in [6.07, 6.45) is 0. The molecule has 0 amide bonds. The Morgan fingerprint density at radius 3 is 1.93 bits per heavy atom. The van der Waals surface area contributed by atoms with Gasteiger partial charge < -0.3 is 0 Å². The summed E-state index contributed by atoms with van der Waals surface area (Å²) in [4.78, 5) is 21.9. The average molecular weight is 192 g/mol. The Balaban J connectivity index is 3.00. The number of carbonyl (C=O) groups is 2. The molecular formula is C11H9FO2. The Morgan fingerprint density at radius 1 is 1.14 bits per heavy atom. The van der Waals surface area contributed by atoms with E-state index >= 15 is 0 Å². The van der Waals surface area contributed by atoms with Crippen molar-refractivity contribution in [1.29, 1.82) is 0 Å². The first kappa shape index (κ1) is 10.3. The normalized spacial score (nSPS) is 9.57. The second-order valence-electron chi connectivity index (χ2n) is 2.87. The fourth-order valence-corrected chi connectivity index (χ4v) is 1.01. The number of rotatable bonds is 3. The minimum Gasteiger partial charge on any atom is -0.295 e. The molecule has 0 aromatic heterocycles. The van der Waals surface area contributed by atoms with Crippen molar-refractivity contribution in [3.63, 3.8) is 0 Å². The van der Waals surface area contributed by atoms with Crippen LogP contribution in [-0.4, -0.2) is 11.6 Å². The van der Waals surface area contributed by atoms with E-state index in [0.717, 1.165) is 0 Å². The molecule has 0 fully saturated rings. The summed E-state index contributed by atoms with van der Waals surface area (Å²) in [6.45, 7) is 4.33. The number of hydrogen-bond acceptors (Lipinski definition) is 2. The molecule has 0 unspecified atom stereocenters. The zero-order chi connectivity index (χ0) is 10.7. The summed E-state index contributed by atoms with van der Waals surface area (Å²) in [6, 6.07) is 5.78. The lowest BCUT2D eigenvalue weighted by Gasteiger charge is -1.98. The number of ketones is 2. The largest absolute Gasteiger partial charge is 0.295 e. The van der Waals surface area contributed by atoms with Gasteiger partial charge in [-0.3, -0.25) is 9.59 Å². The van der Waals surface area contributed by atoms with Crippen molar-refractivity contribution < 1.29 is 14.0 Å². The zero-order valence-electron chi connectivity index (χ0n) is 7.71. The zero-order valence-corrected chi connectivity index (χ0v) is 7.71. The molecule has 1 aromatic rings. The first-order valence-electron chi connectivity index (χ1n) is 4.02. The molecular weight excluding hydrogens is 183 g/mol. The van der Waals surface area contributed by atoms with Gasteiger partial charge in [-0.2, -0.15) is 0 Å². The summed E-state index contributed by atoms with van der Waals surface area (Å²) in [5, 5.41) is 0. The van der Waals surface area contributed by atoms with Crippen molar-refractivity contribution in [2.45, 2.75) is 6.92 Å². The van der Waals surface area contributed by atoms with Crippen LogP contribution in [0.25, 0.3) is 0 Å². The van der Waals surface area contributed by atoms with E-state index in [0.29, 0.717) is 5.56 Å². The predicted octanol–water partition coefficient (Wildman–Crippen LogP) is 2.56. The topological polar surface area (TPSA) is 34.1 Å². The molecule has 72 valence electrons. The van der Waals surface area contributed by atoms with E-state index in [-0.39, 0.29) is 11.3 Å². The van der Waals surface area contributed by atoms with E-state index < -0.39 is 11.6 Å². The Hall–Kier alpha value is -1.77. The summed E-state index contributed by atoms with van der Waals surface area (Å²) in [5.41, 5.74) is 0.688. The van der Waals surface area contributed by atoms with Crippen LogP contribution in [0.2, 0.25) is 0 Å². The van der Waals surface area contributed by atoms with Gasteiger partial charge in [0.15, 0.2) is 11.6 Å². The molecule has 0 heterocycles. The molecule has 0 aliphatic carbocycles. The highest BCUT2D eigenvalue weighted by Crippen LogP contribution is 2.10. The summed E-state index contributed by atoms with van der Waals surface area (Å²) >= 11 is 0. The smallest absolute Gasteiger partial charge is 0.220 e. The maximum atomic E-state index is 12.4. The molecule has 1 aromatic carbocycles. The number of allylic oxidation sites excluding steroid dienone is 1.